The molecule has 0 bridgehead atoms. The van der Waals surface area contributed by atoms with Crippen molar-refractivity contribution in [2.24, 2.45) is 7.05 Å². The number of rotatable bonds is 8. The average Bonchev–Trinajstić information content (AvgIpc) is 3.47. The van der Waals surface area contributed by atoms with Gasteiger partial charge < -0.3 is 9.32 Å². The molecular weight excluding hydrogens is 410 g/mol. The molecule has 9 nitrogen and oxygen atoms in total. The number of carbonyl (C=O) groups excluding carboxylic acids is 1. The molecule has 4 aromatic rings. The zero-order valence-corrected chi connectivity index (χ0v) is 17.6. The fourth-order valence-electron chi connectivity index (χ4n) is 2.82. The van der Waals surface area contributed by atoms with Crippen LogP contribution in [0.5, 0.6) is 0 Å². The van der Waals surface area contributed by atoms with Crippen molar-refractivity contribution in [2.45, 2.75) is 24.9 Å². The van der Waals surface area contributed by atoms with Crippen molar-refractivity contribution in [3.05, 3.63) is 35.9 Å². The summed E-state index contributed by atoms with van der Waals surface area (Å²) in [6.07, 6.45) is 4.05. The van der Waals surface area contributed by atoms with Crippen molar-refractivity contribution in [3.8, 4) is 10.8 Å². The Labute approximate surface area is 175 Å². The van der Waals surface area contributed by atoms with E-state index in [4.69, 9.17) is 4.42 Å². The fraction of sp³-hybridized carbons (Fsp3) is 0.333. The Morgan fingerprint density at radius 1 is 1.34 bits per heavy atom. The molecule has 0 aliphatic rings. The molecule has 0 saturated carbocycles. The van der Waals surface area contributed by atoms with Gasteiger partial charge in [0.25, 0.3) is 5.89 Å². The van der Waals surface area contributed by atoms with Gasteiger partial charge in [0.05, 0.1) is 28.8 Å². The number of aromatic nitrogens is 6. The molecule has 4 aromatic heterocycles. The Morgan fingerprint density at radius 3 is 3.03 bits per heavy atom. The van der Waals surface area contributed by atoms with Crippen LogP contribution in [0.1, 0.15) is 19.2 Å². The third-order valence-electron chi connectivity index (χ3n) is 4.20. The number of thiophene rings is 1. The van der Waals surface area contributed by atoms with Gasteiger partial charge in [0.1, 0.15) is 11.4 Å². The van der Waals surface area contributed by atoms with Crippen LogP contribution in [-0.4, -0.2) is 53.1 Å². The highest BCUT2D eigenvalue weighted by Gasteiger charge is 2.19. The van der Waals surface area contributed by atoms with Crippen LogP contribution >= 0.6 is 23.1 Å². The summed E-state index contributed by atoms with van der Waals surface area (Å²) in [6, 6.07) is 3.86. The summed E-state index contributed by atoms with van der Waals surface area (Å²) in [5.41, 5.74) is 0.743. The Hall–Kier alpha value is -2.79. The van der Waals surface area contributed by atoms with Crippen molar-refractivity contribution < 1.29 is 9.21 Å². The molecule has 4 rings (SSSR count). The van der Waals surface area contributed by atoms with E-state index in [1.807, 2.05) is 31.5 Å². The van der Waals surface area contributed by atoms with E-state index in [0.29, 0.717) is 18.3 Å². The monoisotopic (exact) mass is 429 g/mol. The average molecular weight is 430 g/mol. The second-order valence-corrected chi connectivity index (χ2v) is 8.18. The van der Waals surface area contributed by atoms with Gasteiger partial charge in [-0.05, 0) is 17.9 Å². The molecule has 0 fully saturated rings. The van der Waals surface area contributed by atoms with Crippen molar-refractivity contribution in [2.75, 3.05) is 12.3 Å². The zero-order chi connectivity index (χ0) is 20.2. The van der Waals surface area contributed by atoms with Crippen LogP contribution in [0.15, 0.2) is 39.5 Å². The summed E-state index contributed by atoms with van der Waals surface area (Å²) in [4.78, 5) is 24.0. The molecule has 0 aliphatic heterocycles. The van der Waals surface area contributed by atoms with E-state index >= 15 is 0 Å². The van der Waals surface area contributed by atoms with E-state index < -0.39 is 0 Å². The van der Waals surface area contributed by atoms with Crippen LogP contribution in [0.2, 0.25) is 0 Å². The van der Waals surface area contributed by atoms with E-state index in [1.54, 1.807) is 15.8 Å². The van der Waals surface area contributed by atoms with Gasteiger partial charge in [0, 0.05) is 13.6 Å². The first-order valence-electron chi connectivity index (χ1n) is 9.05. The fourth-order valence-corrected chi connectivity index (χ4v) is 4.33. The highest BCUT2D eigenvalue weighted by Crippen LogP contribution is 2.25. The predicted molar refractivity (Wildman–Crippen MR) is 110 cm³/mol. The van der Waals surface area contributed by atoms with Gasteiger partial charge >= 0.3 is 0 Å². The SMILES string of the molecule is CCCN(Cc1nnc(-c2cccs2)o1)C(=O)CSc1ncnc2c1cnn2C. The van der Waals surface area contributed by atoms with E-state index in [2.05, 4.69) is 25.3 Å². The molecule has 0 spiro atoms. The van der Waals surface area contributed by atoms with Crippen LogP contribution in [-0.2, 0) is 18.4 Å². The quantitative estimate of drug-likeness (QED) is 0.311. The summed E-state index contributed by atoms with van der Waals surface area (Å²) < 4.78 is 7.42. The molecule has 1 amide bonds. The van der Waals surface area contributed by atoms with Crippen LogP contribution in [0, 0.1) is 0 Å². The molecule has 0 unspecified atom stereocenters. The second-order valence-electron chi connectivity index (χ2n) is 6.27. The van der Waals surface area contributed by atoms with E-state index in [0.717, 1.165) is 27.4 Å². The maximum Gasteiger partial charge on any atom is 0.257 e. The molecule has 4 heterocycles. The van der Waals surface area contributed by atoms with Crippen LogP contribution < -0.4 is 0 Å². The molecule has 29 heavy (non-hydrogen) atoms. The summed E-state index contributed by atoms with van der Waals surface area (Å²) in [5, 5.41) is 15.9. The number of nitrogens with zero attached hydrogens (tertiary/aromatic N) is 7. The second kappa shape index (κ2) is 8.70. The topological polar surface area (TPSA) is 103 Å². The minimum absolute atomic E-state index is 0.0108. The number of carbonyl (C=O) groups is 1. The number of aryl methyl sites for hydroxylation is 1. The molecule has 11 heteroatoms. The number of thioether (sulfide) groups is 1. The Bertz CT molecular complexity index is 1110. The summed E-state index contributed by atoms with van der Waals surface area (Å²) in [5.74, 6) is 1.15. The normalized spacial score (nSPS) is 11.2. The molecule has 0 atom stereocenters. The molecule has 0 saturated heterocycles. The molecule has 150 valence electrons. The highest BCUT2D eigenvalue weighted by molar-refractivity contribution is 8.00. The van der Waals surface area contributed by atoms with Crippen molar-refractivity contribution in [3.63, 3.8) is 0 Å². The highest BCUT2D eigenvalue weighted by atomic mass is 32.2. The summed E-state index contributed by atoms with van der Waals surface area (Å²) in [6.45, 7) is 2.93. The van der Waals surface area contributed by atoms with E-state index in [9.17, 15) is 4.79 Å². The van der Waals surface area contributed by atoms with Gasteiger partial charge in [0.15, 0.2) is 5.65 Å². The van der Waals surface area contributed by atoms with Gasteiger partial charge in [0.2, 0.25) is 11.8 Å². The van der Waals surface area contributed by atoms with Crippen LogP contribution in [0.25, 0.3) is 21.8 Å². The maximum atomic E-state index is 12.8. The van der Waals surface area contributed by atoms with Crippen LogP contribution in [0.3, 0.4) is 0 Å². The molecule has 0 aromatic carbocycles. The largest absolute Gasteiger partial charge is 0.418 e. The molecule has 0 aliphatic carbocycles. The summed E-state index contributed by atoms with van der Waals surface area (Å²) >= 11 is 2.91. The standard InChI is InChI=1S/C18H19N7O2S2/c1-3-6-25(9-14-22-23-17(27-14)13-5-4-7-28-13)15(26)10-29-18-12-8-21-24(2)16(12)19-11-20-18/h4-5,7-8,11H,3,6,9-10H2,1-2H3. The van der Waals surface area contributed by atoms with Gasteiger partial charge in [-0.1, -0.05) is 24.8 Å². The van der Waals surface area contributed by atoms with Crippen molar-refractivity contribution >= 4 is 40.0 Å². The Morgan fingerprint density at radius 2 is 2.24 bits per heavy atom. The predicted octanol–water partition coefficient (Wildman–Crippen LogP) is 3.01. The molecule has 0 radical (unpaired) electrons. The van der Waals surface area contributed by atoms with E-state index in [1.165, 1.54) is 29.4 Å². The minimum Gasteiger partial charge on any atom is -0.418 e. The Kier molecular flexibility index (Phi) is 5.86. The maximum absolute atomic E-state index is 12.8. The number of fused-ring (bicyclic) bond motifs is 1. The molecular formula is C18H19N7O2S2. The minimum atomic E-state index is -0.0108. The van der Waals surface area contributed by atoms with Gasteiger partial charge in [-0.25, -0.2) is 9.97 Å². The van der Waals surface area contributed by atoms with Gasteiger partial charge in [-0.15, -0.1) is 21.5 Å². The lowest BCUT2D eigenvalue weighted by Gasteiger charge is -2.20. The number of amides is 1. The first-order chi connectivity index (χ1) is 14.2. The van der Waals surface area contributed by atoms with Gasteiger partial charge in [-0.2, -0.15) is 5.10 Å². The first-order valence-corrected chi connectivity index (χ1v) is 10.9. The first kappa shape index (κ1) is 19.5. The number of hydrogen-bond acceptors (Lipinski definition) is 9. The third kappa shape index (κ3) is 4.30. The lowest BCUT2D eigenvalue weighted by molar-refractivity contribution is -0.129. The lowest BCUT2D eigenvalue weighted by Crippen LogP contribution is -2.32. The lowest BCUT2D eigenvalue weighted by atomic mass is 10.4. The summed E-state index contributed by atoms with van der Waals surface area (Å²) in [7, 11) is 1.83. The molecule has 0 N–H and O–H groups in total. The third-order valence-corrected chi connectivity index (χ3v) is 6.04. The Balaban J connectivity index is 1.43. The number of hydrogen-bond donors (Lipinski definition) is 0. The van der Waals surface area contributed by atoms with E-state index in [-0.39, 0.29) is 18.2 Å². The van der Waals surface area contributed by atoms with Crippen LogP contribution in [0.4, 0.5) is 0 Å². The zero-order valence-electron chi connectivity index (χ0n) is 16.0. The van der Waals surface area contributed by atoms with Crippen molar-refractivity contribution in [1.29, 1.82) is 0 Å². The smallest absolute Gasteiger partial charge is 0.257 e. The van der Waals surface area contributed by atoms with Gasteiger partial charge in [-0.3, -0.25) is 9.48 Å². The van der Waals surface area contributed by atoms with Crippen molar-refractivity contribution in [1.82, 2.24) is 34.8 Å².